The summed E-state index contributed by atoms with van der Waals surface area (Å²) in [5.74, 6) is 0.382. The molecule has 0 amide bonds. The molecule has 2 nitrogen and oxygen atoms in total. The van der Waals surface area contributed by atoms with Gasteiger partial charge in [0, 0.05) is 24.4 Å². The van der Waals surface area contributed by atoms with Gasteiger partial charge in [0.2, 0.25) is 0 Å². The first-order valence-electron chi connectivity index (χ1n) is 5.91. The summed E-state index contributed by atoms with van der Waals surface area (Å²) in [6.45, 7) is 4.92. The maximum absolute atomic E-state index is 11.9. The van der Waals surface area contributed by atoms with Crippen LogP contribution < -0.4 is 5.32 Å². The molecule has 1 N–H and O–H groups in total. The highest BCUT2D eigenvalue weighted by molar-refractivity contribution is 5.85. The normalized spacial score (nSPS) is 24.4. The van der Waals surface area contributed by atoms with E-state index in [4.69, 9.17) is 0 Å². The van der Waals surface area contributed by atoms with Crippen molar-refractivity contribution in [2.45, 2.75) is 32.7 Å². The van der Waals surface area contributed by atoms with Crippen molar-refractivity contribution in [1.82, 2.24) is 5.32 Å². The summed E-state index contributed by atoms with van der Waals surface area (Å²) in [6.07, 6.45) is 1.60. The molecule has 1 aromatic carbocycles. The molecule has 1 atom stereocenters. The molecule has 1 aromatic rings. The highest BCUT2D eigenvalue weighted by atomic mass is 16.1. The molecule has 1 aliphatic rings. The van der Waals surface area contributed by atoms with E-state index < -0.39 is 0 Å². The minimum Gasteiger partial charge on any atom is -0.312 e. The summed E-state index contributed by atoms with van der Waals surface area (Å²) in [5.41, 5.74) is 1.05. The summed E-state index contributed by atoms with van der Waals surface area (Å²) in [7, 11) is 0. The predicted molar refractivity (Wildman–Crippen MR) is 65.3 cm³/mol. The lowest BCUT2D eigenvalue weighted by Gasteiger charge is -2.38. The average molecular weight is 217 g/mol. The molecule has 0 spiro atoms. The number of hydrogen-bond donors (Lipinski definition) is 1. The number of nitrogens with one attached hydrogen (secondary N) is 1. The first-order chi connectivity index (χ1) is 7.60. The van der Waals surface area contributed by atoms with Crippen LogP contribution in [0.3, 0.4) is 0 Å². The summed E-state index contributed by atoms with van der Waals surface area (Å²) in [4.78, 5) is 11.9. The molecular formula is C14H19NO. The fourth-order valence-corrected chi connectivity index (χ4v) is 2.31. The second kappa shape index (κ2) is 4.38. The van der Waals surface area contributed by atoms with Gasteiger partial charge in [-0.3, -0.25) is 4.79 Å². The van der Waals surface area contributed by atoms with Crippen LogP contribution in [0.1, 0.15) is 25.8 Å². The number of carbonyl (C=O) groups is 1. The number of rotatable bonds is 2. The first kappa shape index (κ1) is 11.3. The van der Waals surface area contributed by atoms with Crippen LogP contribution in [0.25, 0.3) is 0 Å². The van der Waals surface area contributed by atoms with Crippen LogP contribution in [0.15, 0.2) is 30.3 Å². The molecule has 0 saturated carbocycles. The zero-order chi connectivity index (χ0) is 11.6. The SMILES string of the molecule is CC1(C)C(=O)CCN[C@@H]1Cc1ccccc1. The van der Waals surface area contributed by atoms with Gasteiger partial charge in [0.1, 0.15) is 5.78 Å². The van der Waals surface area contributed by atoms with Gasteiger partial charge in [0.25, 0.3) is 0 Å². The second-order valence-electron chi connectivity index (χ2n) is 5.09. The Labute approximate surface area is 97.1 Å². The van der Waals surface area contributed by atoms with Crippen LogP contribution in [-0.2, 0) is 11.2 Å². The maximum atomic E-state index is 11.9. The van der Waals surface area contributed by atoms with Gasteiger partial charge >= 0.3 is 0 Å². The number of piperidine rings is 1. The summed E-state index contributed by atoms with van der Waals surface area (Å²) in [5, 5.41) is 3.47. The Morgan fingerprint density at radius 3 is 2.69 bits per heavy atom. The van der Waals surface area contributed by atoms with E-state index in [1.54, 1.807) is 0 Å². The van der Waals surface area contributed by atoms with Crippen molar-refractivity contribution >= 4 is 5.78 Å². The Morgan fingerprint density at radius 2 is 2.00 bits per heavy atom. The van der Waals surface area contributed by atoms with Gasteiger partial charge in [-0.1, -0.05) is 44.2 Å². The van der Waals surface area contributed by atoms with E-state index in [0.717, 1.165) is 13.0 Å². The molecule has 0 aliphatic carbocycles. The van der Waals surface area contributed by atoms with Gasteiger partial charge in [-0.15, -0.1) is 0 Å². The van der Waals surface area contributed by atoms with E-state index >= 15 is 0 Å². The molecule has 0 radical (unpaired) electrons. The van der Waals surface area contributed by atoms with Gasteiger partial charge in [0.15, 0.2) is 0 Å². The minimum atomic E-state index is -0.242. The largest absolute Gasteiger partial charge is 0.312 e. The van der Waals surface area contributed by atoms with Crippen molar-refractivity contribution in [2.75, 3.05) is 6.54 Å². The third kappa shape index (κ3) is 2.17. The fourth-order valence-electron chi connectivity index (χ4n) is 2.31. The van der Waals surface area contributed by atoms with E-state index in [9.17, 15) is 4.79 Å². The smallest absolute Gasteiger partial charge is 0.141 e. The Balaban J connectivity index is 2.12. The number of carbonyl (C=O) groups excluding carboxylic acids is 1. The van der Waals surface area contributed by atoms with Gasteiger partial charge in [-0.2, -0.15) is 0 Å². The molecule has 1 heterocycles. The van der Waals surface area contributed by atoms with Crippen molar-refractivity contribution in [3.05, 3.63) is 35.9 Å². The molecule has 16 heavy (non-hydrogen) atoms. The van der Waals surface area contributed by atoms with E-state index in [1.807, 2.05) is 18.2 Å². The van der Waals surface area contributed by atoms with Crippen LogP contribution in [-0.4, -0.2) is 18.4 Å². The number of Topliss-reactive ketones (excluding diaryl/α,β-unsaturated/α-hetero) is 1. The Bertz CT molecular complexity index is 370. The van der Waals surface area contributed by atoms with E-state index in [-0.39, 0.29) is 11.5 Å². The van der Waals surface area contributed by atoms with Crippen LogP contribution >= 0.6 is 0 Å². The number of ketones is 1. The number of hydrogen-bond acceptors (Lipinski definition) is 2. The Hall–Kier alpha value is -1.15. The molecule has 0 aromatic heterocycles. The lowest BCUT2D eigenvalue weighted by molar-refractivity contribution is -0.130. The fraction of sp³-hybridized carbons (Fsp3) is 0.500. The quantitative estimate of drug-likeness (QED) is 0.822. The maximum Gasteiger partial charge on any atom is 0.141 e. The van der Waals surface area contributed by atoms with Gasteiger partial charge in [0.05, 0.1) is 0 Å². The predicted octanol–water partition coefficient (Wildman–Crippen LogP) is 2.19. The minimum absolute atomic E-state index is 0.242. The van der Waals surface area contributed by atoms with Crippen molar-refractivity contribution < 1.29 is 4.79 Å². The van der Waals surface area contributed by atoms with Crippen LogP contribution in [0.2, 0.25) is 0 Å². The summed E-state index contributed by atoms with van der Waals surface area (Å²) in [6, 6.07) is 10.6. The third-order valence-corrected chi connectivity index (χ3v) is 3.62. The second-order valence-corrected chi connectivity index (χ2v) is 5.09. The lowest BCUT2D eigenvalue weighted by Crippen LogP contribution is -2.53. The van der Waals surface area contributed by atoms with Gasteiger partial charge in [-0.25, -0.2) is 0 Å². The van der Waals surface area contributed by atoms with Gasteiger partial charge < -0.3 is 5.32 Å². The van der Waals surface area contributed by atoms with Crippen LogP contribution in [0.4, 0.5) is 0 Å². The average Bonchev–Trinajstić information content (AvgIpc) is 2.27. The van der Waals surface area contributed by atoms with E-state index in [0.29, 0.717) is 12.2 Å². The molecule has 0 bridgehead atoms. The monoisotopic (exact) mass is 217 g/mol. The van der Waals surface area contributed by atoms with Crippen molar-refractivity contribution in [1.29, 1.82) is 0 Å². The Morgan fingerprint density at radius 1 is 1.31 bits per heavy atom. The molecule has 86 valence electrons. The Kier molecular flexibility index (Phi) is 3.10. The molecule has 2 heteroatoms. The highest BCUT2D eigenvalue weighted by Crippen LogP contribution is 2.29. The van der Waals surface area contributed by atoms with Crippen LogP contribution in [0.5, 0.6) is 0 Å². The summed E-state index contributed by atoms with van der Waals surface area (Å²) >= 11 is 0. The third-order valence-electron chi connectivity index (χ3n) is 3.62. The lowest BCUT2D eigenvalue weighted by atomic mass is 9.74. The molecule has 2 rings (SSSR count). The molecule has 1 fully saturated rings. The zero-order valence-electron chi connectivity index (χ0n) is 9.99. The molecular weight excluding hydrogens is 198 g/mol. The van der Waals surface area contributed by atoms with Crippen molar-refractivity contribution in [3.63, 3.8) is 0 Å². The zero-order valence-corrected chi connectivity index (χ0v) is 9.99. The first-order valence-corrected chi connectivity index (χ1v) is 5.91. The van der Waals surface area contributed by atoms with E-state index in [2.05, 4.69) is 31.3 Å². The van der Waals surface area contributed by atoms with Gasteiger partial charge in [-0.05, 0) is 12.0 Å². The topological polar surface area (TPSA) is 29.1 Å². The van der Waals surface area contributed by atoms with Crippen LogP contribution in [0, 0.1) is 5.41 Å². The van der Waals surface area contributed by atoms with Crippen molar-refractivity contribution in [2.24, 2.45) is 5.41 Å². The molecule has 1 saturated heterocycles. The standard InChI is InChI=1S/C14H19NO/c1-14(2)12(15-9-8-13(14)16)10-11-6-4-3-5-7-11/h3-7,12,15H,8-10H2,1-2H3/t12-/m1/s1. The van der Waals surface area contributed by atoms with E-state index in [1.165, 1.54) is 5.56 Å². The molecule has 0 unspecified atom stereocenters. The molecule has 1 aliphatic heterocycles. The highest BCUT2D eigenvalue weighted by Gasteiger charge is 2.38. The summed E-state index contributed by atoms with van der Waals surface area (Å²) < 4.78 is 0. The van der Waals surface area contributed by atoms with Crippen molar-refractivity contribution in [3.8, 4) is 0 Å². The number of benzene rings is 1.